The lowest BCUT2D eigenvalue weighted by atomic mass is 9.88. The zero-order valence-electron chi connectivity index (χ0n) is 23.8. The van der Waals surface area contributed by atoms with Crippen molar-refractivity contribution in [3.8, 4) is 0 Å². The Morgan fingerprint density at radius 1 is 1.15 bits per heavy atom. The molecule has 0 radical (unpaired) electrons. The molecule has 0 aromatic heterocycles. The molecular weight excluding hydrogens is 555 g/mol. The van der Waals surface area contributed by atoms with Gasteiger partial charge in [0.15, 0.2) is 8.32 Å². The van der Waals surface area contributed by atoms with Gasteiger partial charge in [0.25, 0.3) is 0 Å². The van der Waals surface area contributed by atoms with Crippen LogP contribution in [0.4, 0.5) is 0 Å². The van der Waals surface area contributed by atoms with Crippen LogP contribution in [0.3, 0.4) is 0 Å². The number of rotatable bonds is 14. The molecule has 0 aliphatic carbocycles. The fourth-order valence-electron chi connectivity index (χ4n) is 4.73. The second-order valence-corrected chi connectivity index (χ2v) is 17.9. The van der Waals surface area contributed by atoms with E-state index in [1.54, 1.807) is 7.11 Å². The summed E-state index contributed by atoms with van der Waals surface area (Å²) in [5, 5.41) is 0.139. The Bertz CT molecular complexity index is 645. The first-order valence-corrected chi connectivity index (χ1v) is 17.5. The van der Waals surface area contributed by atoms with E-state index >= 15 is 0 Å². The summed E-state index contributed by atoms with van der Waals surface area (Å²) in [4.78, 5) is 13.1. The van der Waals surface area contributed by atoms with Crippen molar-refractivity contribution in [2.24, 2.45) is 23.7 Å². The van der Waals surface area contributed by atoms with E-state index in [0.29, 0.717) is 30.5 Å². The molecule has 8 atom stereocenters. The third-order valence-corrected chi connectivity index (χ3v) is 13.2. The van der Waals surface area contributed by atoms with Crippen LogP contribution < -0.4 is 0 Å². The largest absolute Gasteiger partial charge is 0.410 e. The van der Waals surface area contributed by atoms with Crippen LogP contribution in [0.5, 0.6) is 0 Å². The number of hydrogen-bond acceptors (Lipinski definition) is 4. The zero-order chi connectivity index (χ0) is 26.3. The van der Waals surface area contributed by atoms with Crippen molar-refractivity contribution >= 4 is 36.7 Å². The van der Waals surface area contributed by atoms with Crippen LogP contribution in [0.25, 0.3) is 0 Å². The summed E-state index contributed by atoms with van der Waals surface area (Å²) in [5.74, 6) is 1.79. The van der Waals surface area contributed by atoms with Crippen LogP contribution in [-0.2, 0) is 18.7 Å². The van der Waals surface area contributed by atoms with Crippen molar-refractivity contribution < 1.29 is 18.7 Å². The molecule has 0 bridgehead atoms. The fourth-order valence-corrected chi connectivity index (χ4v) is 6.48. The average Bonchev–Trinajstić information content (AvgIpc) is 3.17. The van der Waals surface area contributed by atoms with E-state index in [1.807, 2.05) is 4.08 Å². The first-order chi connectivity index (χ1) is 15.7. The minimum Gasteiger partial charge on any atom is -0.410 e. The third-order valence-electron chi connectivity index (χ3n) is 8.29. The van der Waals surface area contributed by atoms with Gasteiger partial charge in [-0.15, -0.1) is 0 Å². The molecule has 1 saturated heterocycles. The summed E-state index contributed by atoms with van der Waals surface area (Å²) in [5.41, 5.74) is 0. The highest BCUT2D eigenvalue weighted by Crippen LogP contribution is 2.39. The molecule has 1 aliphatic heterocycles. The van der Waals surface area contributed by atoms with Crippen LogP contribution in [0.2, 0.25) is 18.1 Å². The number of hydrogen-bond donors (Lipinski definition) is 0. The minimum atomic E-state index is -1.92. The maximum absolute atomic E-state index is 13.1. The Morgan fingerprint density at radius 3 is 2.26 bits per heavy atom. The quantitative estimate of drug-likeness (QED) is 0.147. The van der Waals surface area contributed by atoms with Crippen molar-refractivity contribution in [1.29, 1.82) is 0 Å². The lowest BCUT2D eigenvalue weighted by molar-refractivity contribution is -0.123. The van der Waals surface area contributed by atoms with Gasteiger partial charge in [0.05, 0.1) is 24.4 Å². The van der Waals surface area contributed by atoms with E-state index in [2.05, 4.69) is 97.2 Å². The summed E-state index contributed by atoms with van der Waals surface area (Å²) in [6.07, 6.45) is 6.73. The molecule has 6 heteroatoms. The lowest BCUT2D eigenvalue weighted by Crippen LogP contribution is -2.45. The van der Waals surface area contributed by atoms with E-state index in [0.717, 1.165) is 6.42 Å². The van der Waals surface area contributed by atoms with Gasteiger partial charge in [-0.3, -0.25) is 4.79 Å². The highest BCUT2D eigenvalue weighted by atomic mass is 127. The molecule has 0 N–H and O–H groups in total. The molecule has 1 unspecified atom stereocenters. The van der Waals surface area contributed by atoms with Crippen molar-refractivity contribution in [3.63, 3.8) is 0 Å². The van der Waals surface area contributed by atoms with Gasteiger partial charge in [-0.05, 0) is 52.3 Å². The number of carbonyl (C=O) groups excluding carboxylic acids is 1. The van der Waals surface area contributed by atoms with Gasteiger partial charge < -0.3 is 13.9 Å². The molecule has 0 aromatic rings. The predicted octanol–water partition coefficient (Wildman–Crippen LogP) is 8.19. The van der Waals surface area contributed by atoms with Gasteiger partial charge in [0.1, 0.15) is 5.78 Å². The molecular formula is C28H53IO4Si. The van der Waals surface area contributed by atoms with E-state index in [1.165, 1.54) is 12.8 Å². The fraction of sp³-hybridized carbons (Fsp3) is 0.893. The normalized spacial score (nSPS) is 26.4. The van der Waals surface area contributed by atoms with Crippen molar-refractivity contribution in [3.05, 3.63) is 10.2 Å². The summed E-state index contributed by atoms with van der Waals surface area (Å²) >= 11 is 2.25. The number of methoxy groups -OCH3 is 1. The van der Waals surface area contributed by atoms with E-state index in [9.17, 15) is 4.79 Å². The topological polar surface area (TPSA) is 44.8 Å². The SMILES string of the molecule is CC[C@H](C)C[C@H](C)C1C[C@H](OC)[C@H]([C@@H](C)CC(=O)C[C@H](C)[C@@H](/C=C/I)O[Si](C)(C)C(C)(C)C)O1. The van der Waals surface area contributed by atoms with Crippen LogP contribution >= 0.6 is 22.6 Å². The van der Waals surface area contributed by atoms with Gasteiger partial charge in [0, 0.05) is 26.4 Å². The number of carbonyl (C=O) groups is 1. The highest BCUT2D eigenvalue weighted by Gasteiger charge is 2.42. The molecule has 0 aromatic carbocycles. The van der Waals surface area contributed by atoms with Gasteiger partial charge in [0.2, 0.25) is 0 Å². The van der Waals surface area contributed by atoms with E-state index in [4.69, 9.17) is 13.9 Å². The van der Waals surface area contributed by atoms with Crippen LogP contribution in [0, 0.1) is 23.7 Å². The molecule has 4 nitrogen and oxygen atoms in total. The first-order valence-electron chi connectivity index (χ1n) is 13.3. The zero-order valence-corrected chi connectivity index (χ0v) is 27.0. The van der Waals surface area contributed by atoms with Gasteiger partial charge in [-0.25, -0.2) is 0 Å². The summed E-state index contributed by atoms with van der Waals surface area (Å²) in [6.45, 7) is 22.5. The van der Waals surface area contributed by atoms with Gasteiger partial charge in [-0.2, -0.15) is 0 Å². The average molecular weight is 609 g/mol. The van der Waals surface area contributed by atoms with Crippen molar-refractivity contribution in [1.82, 2.24) is 0 Å². The molecule has 1 heterocycles. The van der Waals surface area contributed by atoms with Gasteiger partial charge in [-0.1, -0.05) is 90.5 Å². The summed E-state index contributed by atoms with van der Waals surface area (Å²) < 4.78 is 21.0. The molecule has 1 rings (SSSR count). The molecule has 34 heavy (non-hydrogen) atoms. The second-order valence-electron chi connectivity index (χ2n) is 12.4. The maximum Gasteiger partial charge on any atom is 0.192 e. The Hall–Kier alpha value is 0.237. The smallest absolute Gasteiger partial charge is 0.192 e. The number of Topliss-reactive ketones (excluding diaryl/α,β-unsaturated/α-hetero) is 1. The van der Waals surface area contributed by atoms with Crippen molar-refractivity contribution in [2.75, 3.05) is 7.11 Å². The van der Waals surface area contributed by atoms with E-state index in [-0.39, 0.29) is 41.3 Å². The Labute approximate surface area is 225 Å². The highest BCUT2D eigenvalue weighted by molar-refractivity contribution is 14.1. The predicted molar refractivity (Wildman–Crippen MR) is 155 cm³/mol. The Morgan fingerprint density at radius 2 is 1.76 bits per heavy atom. The van der Waals surface area contributed by atoms with Crippen LogP contribution in [-0.4, -0.2) is 45.6 Å². The van der Waals surface area contributed by atoms with Crippen molar-refractivity contribution in [2.45, 2.75) is 130 Å². The standard InChI is InChI=1S/C28H53IO4Si/c1-12-19(2)15-20(3)25-18-26(31-9)27(32-25)22(5)17-23(30)16-21(4)24(13-14-29)33-34(10,11)28(6,7)8/h13-14,19-22,24-27H,12,15-18H2,1-11H3/b14-13+/t19-,20-,21-,22-,24+,25?,26-,27-/m0/s1. The second kappa shape index (κ2) is 14.2. The molecule has 200 valence electrons. The summed E-state index contributed by atoms with van der Waals surface area (Å²) in [7, 11) is -0.146. The van der Waals surface area contributed by atoms with E-state index < -0.39 is 8.32 Å². The first kappa shape index (κ1) is 32.3. The number of halogens is 1. The molecule has 1 fully saturated rings. The summed E-state index contributed by atoms with van der Waals surface area (Å²) in [6, 6.07) is 0. The Balaban J connectivity index is 2.75. The number of ketones is 1. The lowest BCUT2D eigenvalue weighted by Gasteiger charge is -2.40. The monoisotopic (exact) mass is 608 g/mol. The maximum atomic E-state index is 13.1. The molecule has 0 amide bonds. The third kappa shape index (κ3) is 9.60. The van der Waals surface area contributed by atoms with Crippen LogP contribution in [0.15, 0.2) is 10.2 Å². The Kier molecular flexibility index (Phi) is 13.5. The minimum absolute atomic E-state index is 0.0119. The molecule has 0 spiro atoms. The van der Waals surface area contributed by atoms with Crippen LogP contribution in [0.1, 0.15) is 87.5 Å². The van der Waals surface area contributed by atoms with Gasteiger partial charge >= 0.3 is 0 Å². The number of ether oxygens (including phenoxy) is 2. The molecule has 0 saturated carbocycles. The molecule has 1 aliphatic rings.